The third-order valence-corrected chi connectivity index (χ3v) is 35.4. The standard InChI is InChI=1S/C98H130B2N4S/c1-66-29-28-45-83(73-38-16-6-17-39-73)98(66)104-91-65-94-87(99-84-46-23-20-40-74(84)59-75-60-79(63-95(105-94)96(75)99)101(77-55-51-69(52-56-77)67-30-8-2-9-31-67)88-48-25-21-43-81(88)71-34-12-4-13-35-71)64-86(91)100-85-47-24-27-50-90(85)103(76-41-18-7-19-42-76)92-61-80(62-93(104)97(92)100)102(78-57-53-70(54-58-78)68-32-10-3-11-33-68)89-49-26-22-44-82(89)72-36-14-5-15-37-72/h6-7,16-19,22,24,26-29,38-39,41-42,44-45,47,49-50,64-65,67-72,74-75,77-81,84,87-88,92-97H,2-5,8-15,20-21,23,25,30-37,40,43,46,48,51-63H2,1H3. The summed E-state index contributed by atoms with van der Waals surface area (Å²) in [6, 6.07) is 55.6. The van der Waals surface area contributed by atoms with E-state index in [4.69, 9.17) is 0 Å². The maximum absolute atomic E-state index is 3.55. The van der Waals surface area contributed by atoms with Gasteiger partial charge in [0.05, 0.1) is 5.69 Å². The van der Waals surface area contributed by atoms with Gasteiger partial charge in [-0.2, -0.15) is 11.8 Å². The van der Waals surface area contributed by atoms with E-state index in [2.05, 4.69) is 178 Å². The second kappa shape index (κ2) is 30.6. The minimum Gasteiger partial charge on any atom is -0.365 e. The maximum atomic E-state index is 3.55. The van der Waals surface area contributed by atoms with Gasteiger partial charge in [0.15, 0.2) is 6.71 Å². The third kappa shape index (κ3) is 13.0. The average Bonchev–Trinajstić information content (AvgIpc) is 0.687. The molecule has 20 rings (SSSR count). The second-order valence-corrected chi connectivity index (χ2v) is 40.2. The summed E-state index contributed by atoms with van der Waals surface area (Å²) in [4.78, 5) is 13.0. The fourth-order valence-corrected chi connectivity index (χ4v) is 31.6. The quantitative estimate of drug-likeness (QED) is 0.109. The summed E-state index contributed by atoms with van der Waals surface area (Å²) < 4.78 is 0. The first-order chi connectivity index (χ1) is 52.0. The number of hydrogen-bond acceptors (Lipinski definition) is 5. The fourth-order valence-electron chi connectivity index (χ4n) is 29.6. The van der Waals surface area contributed by atoms with Crippen molar-refractivity contribution in [3.05, 3.63) is 162 Å². The Labute approximate surface area is 641 Å². The number of hydrogen-bond donors (Lipinski definition) is 0. The van der Waals surface area contributed by atoms with Gasteiger partial charge < -0.3 is 14.7 Å². The molecule has 0 spiro atoms. The molecule has 5 aromatic carbocycles. The van der Waals surface area contributed by atoms with Crippen molar-refractivity contribution in [3.63, 3.8) is 0 Å². The number of allylic oxidation sites excluding steroid dienone is 2. The van der Waals surface area contributed by atoms with Crippen LogP contribution in [0, 0.1) is 54.3 Å². The van der Waals surface area contributed by atoms with E-state index < -0.39 is 0 Å². The summed E-state index contributed by atoms with van der Waals surface area (Å²) in [7, 11) is 0. The summed E-state index contributed by atoms with van der Waals surface area (Å²) in [5.41, 5.74) is 16.9. The van der Waals surface area contributed by atoms with Gasteiger partial charge in [-0.3, -0.25) is 4.90 Å². The van der Waals surface area contributed by atoms with Crippen LogP contribution in [0.2, 0.25) is 23.3 Å². The van der Waals surface area contributed by atoms with Crippen molar-refractivity contribution in [2.75, 3.05) is 14.7 Å². The molecule has 14 unspecified atom stereocenters. The van der Waals surface area contributed by atoms with Gasteiger partial charge in [0.25, 0.3) is 0 Å². The minimum absolute atomic E-state index is 0.279. The molecule has 0 amide bonds. The molecule has 554 valence electrons. The number of rotatable bonds is 13. The molecule has 0 N–H and O–H groups in total. The summed E-state index contributed by atoms with van der Waals surface area (Å²) >= 11 is 2.61. The number of benzene rings is 5. The topological polar surface area (TPSA) is 13.0 Å². The van der Waals surface area contributed by atoms with Crippen LogP contribution in [0.4, 0.5) is 22.7 Å². The lowest BCUT2D eigenvalue weighted by atomic mass is 9.18. The predicted octanol–water partition coefficient (Wildman–Crippen LogP) is 25.4. The first-order valence-corrected chi connectivity index (χ1v) is 46.6. The van der Waals surface area contributed by atoms with Crippen LogP contribution in [-0.4, -0.2) is 71.1 Å². The monoisotopic (exact) mass is 1420 g/mol. The van der Waals surface area contributed by atoms with E-state index >= 15 is 0 Å². The van der Waals surface area contributed by atoms with E-state index in [-0.39, 0.29) is 6.04 Å². The lowest BCUT2D eigenvalue weighted by molar-refractivity contribution is -0.0388. The van der Waals surface area contributed by atoms with E-state index in [9.17, 15) is 0 Å². The van der Waals surface area contributed by atoms with E-state index in [0.717, 1.165) is 89.1 Å². The SMILES string of the molecule is Cc1cccc(-c2ccccc2)c1N1C2=CC3SC4CC(N(C5CCC(C6CCCCC6)CC5)C5CCCCC5C5CCCCC5)CC5CC6CCCCC6B(C3C=C2B2c3ccccc3N(c3ccccc3)C3CC(N(c6ccccc6C6CCCCC6)C6CCC(C7CCCCC7)CC6)CC1C23)C54. The highest BCUT2D eigenvalue weighted by atomic mass is 32.2. The number of para-hydroxylation sites is 4. The molecule has 0 bridgehead atoms. The number of aryl methyl sites for hydroxylation is 1. The normalized spacial score (nSPS) is 36.1. The van der Waals surface area contributed by atoms with Crippen molar-refractivity contribution in [1.29, 1.82) is 0 Å². The van der Waals surface area contributed by atoms with Crippen molar-refractivity contribution in [2.24, 2.45) is 47.3 Å². The molecule has 7 heteroatoms. The van der Waals surface area contributed by atoms with Gasteiger partial charge in [-0.15, -0.1) is 0 Å². The first kappa shape index (κ1) is 69.6. The Kier molecular flexibility index (Phi) is 20.3. The van der Waals surface area contributed by atoms with Crippen molar-refractivity contribution in [3.8, 4) is 11.1 Å². The molecular weight excluding hydrogens is 1290 g/mol. The Morgan fingerprint density at radius 2 is 1.01 bits per heavy atom. The summed E-state index contributed by atoms with van der Waals surface area (Å²) in [5, 5.41) is 1.22. The van der Waals surface area contributed by atoms with Gasteiger partial charge in [-0.25, -0.2) is 0 Å². The van der Waals surface area contributed by atoms with Crippen molar-refractivity contribution in [2.45, 2.75) is 352 Å². The highest BCUT2D eigenvalue weighted by molar-refractivity contribution is 8.01. The van der Waals surface area contributed by atoms with Crippen LogP contribution in [0.3, 0.4) is 0 Å². The Morgan fingerprint density at radius 1 is 0.419 bits per heavy atom. The van der Waals surface area contributed by atoms with Gasteiger partial charge in [0.2, 0.25) is 6.71 Å². The Balaban J connectivity index is 0.740. The van der Waals surface area contributed by atoms with Crippen molar-refractivity contribution < 1.29 is 0 Å². The zero-order valence-corrected chi connectivity index (χ0v) is 65.6. The number of nitrogens with zero attached hydrogens (tertiary/aromatic N) is 4. The smallest absolute Gasteiger partial charge is 0.221 e. The molecule has 15 aliphatic rings. The van der Waals surface area contributed by atoms with Crippen LogP contribution in [0.5, 0.6) is 0 Å². The van der Waals surface area contributed by atoms with Gasteiger partial charge in [-0.1, -0.05) is 280 Å². The molecule has 5 aromatic rings. The molecule has 13 fully saturated rings. The van der Waals surface area contributed by atoms with Gasteiger partial charge in [-0.05, 0) is 234 Å². The van der Waals surface area contributed by atoms with Crippen LogP contribution in [0.15, 0.2) is 151 Å². The summed E-state index contributed by atoms with van der Waals surface area (Å²) in [5.74, 6) is 10.8. The first-order valence-electron chi connectivity index (χ1n) is 45.6. The van der Waals surface area contributed by atoms with E-state index in [1.807, 2.05) is 0 Å². The van der Waals surface area contributed by atoms with Crippen LogP contribution in [0.1, 0.15) is 280 Å². The maximum Gasteiger partial charge on any atom is 0.221 e. The second-order valence-electron chi connectivity index (χ2n) is 38.8. The predicted molar refractivity (Wildman–Crippen MR) is 449 cm³/mol. The fraction of sp³-hybridized carbons (Fsp3) is 0.653. The molecule has 11 aliphatic carbocycles. The van der Waals surface area contributed by atoms with Gasteiger partial charge in [0, 0.05) is 81.1 Å². The summed E-state index contributed by atoms with van der Waals surface area (Å²) in [6.45, 7) is 3.63. The molecule has 0 radical (unpaired) electrons. The van der Waals surface area contributed by atoms with Crippen molar-refractivity contribution >= 4 is 53.4 Å². The van der Waals surface area contributed by atoms with Gasteiger partial charge >= 0.3 is 0 Å². The van der Waals surface area contributed by atoms with Gasteiger partial charge in [0.1, 0.15) is 0 Å². The van der Waals surface area contributed by atoms with E-state index in [1.165, 1.54) is 291 Å². The Morgan fingerprint density at radius 3 is 1.74 bits per heavy atom. The Bertz CT molecular complexity index is 3830. The molecule has 14 atom stereocenters. The molecular formula is C98H130B2N4S. The average molecular weight is 1420 g/mol. The van der Waals surface area contributed by atoms with E-state index in [0.29, 0.717) is 47.6 Å². The number of anilines is 4. The van der Waals surface area contributed by atoms with Crippen molar-refractivity contribution in [1.82, 2.24) is 4.90 Å². The highest BCUT2D eigenvalue weighted by Gasteiger charge is 2.64. The van der Waals surface area contributed by atoms with Crippen LogP contribution < -0.4 is 20.2 Å². The summed E-state index contributed by atoms with van der Waals surface area (Å²) in [6.07, 6.45) is 65.9. The molecule has 10 saturated carbocycles. The molecule has 105 heavy (non-hydrogen) atoms. The zero-order chi connectivity index (χ0) is 69.5. The van der Waals surface area contributed by atoms with Crippen LogP contribution >= 0.6 is 11.8 Å². The molecule has 0 aromatic heterocycles. The number of thioether (sulfide) groups is 1. The Hall–Kier alpha value is -4.58. The number of fused-ring (bicyclic) bond motifs is 8. The molecule has 3 saturated heterocycles. The minimum atomic E-state index is 0.279. The largest absolute Gasteiger partial charge is 0.365 e. The molecule has 4 nitrogen and oxygen atoms in total. The molecule has 4 heterocycles. The zero-order valence-electron chi connectivity index (χ0n) is 64.8. The van der Waals surface area contributed by atoms with E-state index in [1.54, 1.807) is 34.3 Å². The van der Waals surface area contributed by atoms with Crippen LogP contribution in [0.25, 0.3) is 11.1 Å². The lowest BCUT2D eigenvalue weighted by Crippen LogP contribution is -2.69. The highest BCUT2D eigenvalue weighted by Crippen LogP contribution is 2.68. The third-order valence-electron chi connectivity index (χ3n) is 33.8. The lowest BCUT2D eigenvalue weighted by Gasteiger charge is -2.64. The van der Waals surface area contributed by atoms with Crippen LogP contribution in [-0.2, 0) is 0 Å². The molecule has 4 aliphatic heterocycles.